The fourth-order valence-electron chi connectivity index (χ4n) is 3.22. The predicted octanol–water partition coefficient (Wildman–Crippen LogP) is 2.72. The maximum Gasteiger partial charge on any atom is 0.259 e. The Hall–Kier alpha value is -2.83. The summed E-state index contributed by atoms with van der Waals surface area (Å²) in [5.41, 5.74) is 1.85. The number of hydrogen-bond donors (Lipinski definition) is 1. The quantitative estimate of drug-likeness (QED) is 0.874. The number of piperidine rings is 1. The van der Waals surface area contributed by atoms with Gasteiger partial charge in [0.05, 0.1) is 18.4 Å². The topological polar surface area (TPSA) is 84.7 Å². The van der Waals surface area contributed by atoms with Crippen LogP contribution in [0.4, 0.5) is 0 Å². The molecule has 2 aromatic rings. The zero-order valence-corrected chi connectivity index (χ0v) is 15.9. The molecule has 3 heterocycles. The molecular formula is C20H25N3O4. The lowest BCUT2D eigenvalue weighted by Gasteiger charge is -2.32. The second kappa shape index (κ2) is 8.24. The first-order valence-electron chi connectivity index (χ1n) is 9.24. The molecule has 1 aliphatic rings. The molecule has 7 nitrogen and oxygen atoms in total. The van der Waals surface area contributed by atoms with E-state index in [-0.39, 0.29) is 17.9 Å². The van der Waals surface area contributed by atoms with Crippen LogP contribution in [0.1, 0.15) is 51.9 Å². The van der Waals surface area contributed by atoms with Crippen LogP contribution in [0.2, 0.25) is 0 Å². The van der Waals surface area contributed by atoms with Crippen LogP contribution in [-0.4, -0.2) is 47.4 Å². The van der Waals surface area contributed by atoms with Crippen LogP contribution in [-0.2, 0) is 0 Å². The normalized spacial score (nSPS) is 14.9. The van der Waals surface area contributed by atoms with Crippen LogP contribution in [0, 0.1) is 13.8 Å². The average molecular weight is 371 g/mol. The van der Waals surface area contributed by atoms with Gasteiger partial charge in [0.25, 0.3) is 11.8 Å². The predicted molar refractivity (Wildman–Crippen MR) is 100.0 cm³/mol. The summed E-state index contributed by atoms with van der Waals surface area (Å²) in [6.45, 7) is 7.11. The second-order valence-corrected chi connectivity index (χ2v) is 6.67. The molecule has 1 fully saturated rings. The molecule has 0 aliphatic carbocycles. The minimum Gasteiger partial charge on any atom is -0.477 e. The molecule has 1 saturated heterocycles. The Morgan fingerprint density at radius 2 is 1.96 bits per heavy atom. The Kier molecular flexibility index (Phi) is 5.78. The van der Waals surface area contributed by atoms with Gasteiger partial charge >= 0.3 is 0 Å². The van der Waals surface area contributed by atoms with Crippen molar-refractivity contribution in [3.05, 3.63) is 47.0 Å². The van der Waals surface area contributed by atoms with Crippen molar-refractivity contribution < 1.29 is 18.7 Å². The number of pyridine rings is 1. The third-order valence-electron chi connectivity index (χ3n) is 4.73. The molecular weight excluding hydrogens is 346 g/mol. The van der Waals surface area contributed by atoms with Gasteiger partial charge < -0.3 is 19.4 Å². The van der Waals surface area contributed by atoms with E-state index in [0.29, 0.717) is 55.3 Å². The summed E-state index contributed by atoms with van der Waals surface area (Å²) in [6, 6.07) is 5.29. The molecule has 0 radical (unpaired) electrons. The number of furan rings is 1. The monoisotopic (exact) mass is 371 g/mol. The van der Waals surface area contributed by atoms with Gasteiger partial charge in [-0.15, -0.1) is 0 Å². The number of amides is 2. The van der Waals surface area contributed by atoms with Crippen molar-refractivity contribution in [1.29, 1.82) is 0 Å². The van der Waals surface area contributed by atoms with Gasteiger partial charge in [0.15, 0.2) is 0 Å². The first-order valence-corrected chi connectivity index (χ1v) is 9.24. The van der Waals surface area contributed by atoms with Gasteiger partial charge in [0, 0.05) is 24.8 Å². The standard InChI is InChI=1S/C20H25N3O4/c1-4-26-19-17(6-5-13(2)21-19)20(25)23-10-7-15(8-11-23)22-18(24)16-9-12-27-14(16)3/h5-6,9,12,15H,4,7-8,10-11H2,1-3H3,(H,22,24). The number of likely N-dealkylation sites (tertiary alicyclic amines) is 1. The van der Waals surface area contributed by atoms with Crippen molar-refractivity contribution in [2.75, 3.05) is 19.7 Å². The van der Waals surface area contributed by atoms with Crippen LogP contribution in [0.25, 0.3) is 0 Å². The molecule has 3 rings (SSSR count). The number of nitrogens with one attached hydrogen (secondary N) is 1. The number of aromatic nitrogens is 1. The maximum atomic E-state index is 12.9. The third kappa shape index (κ3) is 4.30. The molecule has 0 spiro atoms. The maximum absolute atomic E-state index is 12.9. The highest BCUT2D eigenvalue weighted by molar-refractivity contribution is 5.97. The molecule has 27 heavy (non-hydrogen) atoms. The number of ether oxygens (including phenoxy) is 1. The Morgan fingerprint density at radius 1 is 1.22 bits per heavy atom. The SMILES string of the molecule is CCOc1nc(C)ccc1C(=O)N1CCC(NC(=O)c2ccoc2C)CC1. The Labute approximate surface area is 158 Å². The molecule has 2 aromatic heterocycles. The lowest BCUT2D eigenvalue weighted by molar-refractivity contribution is 0.0693. The molecule has 1 aliphatic heterocycles. The number of nitrogens with zero attached hydrogens (tertiary/aromatic N) is 2. The average Bonchev–Trinajstić information content (AvgIpc) is 3.08. The molecule has 1 N–H and O–H groups in total. The largest absolute Gasteiger partial charge is 0.477 e. The van der Waals surface area contributed by atoms with Crippen LogP contribution in [0.3, 0.4) is 0 Å². The van der Waals surface area contributed by atoms with Crippen molar-refractivity contribution in [2.24, 2.45) is 0 Å². The molecule has 7 heteroatoms. The Morgan fingerprint density at radius 3 is 2.59 bits per heavy atom. The van der Waals surface area contributed by atoms with Gasteiger partial charge in [-0.25, -0.2) is 4.98 Å². The van der Waals surface area contributed by atoms with Gasteiger partial charge in [-0.2, -0.15) is 0 Å². The minimum atomic E-state index is -0.132. The molecule has 0 atom stereocenters. The summed E-state index contributed by atoms with van der Waals surface area (Å²) < 4.78 is 10.7. The van der Waals surface area contributed by atoms with E-state index in [9.17, 15) is 9.59 Å². The van der Waals surface area contributed by atoms with E-state index >= 15 is 0 Å². The number of rotatable bonds is 5. The van der Waals surface area contributed by atoms with E-state index in [1.807, 2.05) is 19.9 Å². The van der Waals surface area contributed by atoms with E-state index in [2.05, 4.69) is 10.3 Å². The summed E-state index contributed by atoms with van der Waals surface area (Å²) >= 11 is 0. The second-order valence-electron chi connectivity index (χ2n) is 6.67. The number of hydrogen-bond acceptors (Lipinski definition) is 5. The summed E-state index contributed by atoms with van der Waals surface area (Å²) in [7, 11) is 0. The summed E-state index contributed by atoms with van der Waals surface area (Å²) in [5.74, 6) is 0.776. The molecule has 144 valence electrons. The molecule has 2 amide bonds. The van der Waals surface area contributed by atoms with E-state index in [0.717, 1.165) is 5.69 Å². The van der Waals surface area contributed by atoms with E-state index < -0.39 is 0 Å². The third-order valence-corrected chi connectivity index (χ3v) is 4.73. The van der Waals surface area contributed by atoms with Crippen LogP contribution < -0.4 is 10.1 Å². The van der Waals surface area contributed by atoms with E-state index in [1.54, 1.807) is 24.0 Å². The van der Waals surface area contributed by atoms with Crippen LogP contribution >= 0.6 is 0 Å². The first-order chi connectivity index (χ1) is 13.0. The first kappa shape index (κ1) is 18.9. The highest BCUT2D eigenvalue weighted by Crippen LogP contribution is 2.21. The fourth-order valence-corrected chi connectivity index (χ4v) is 3.22. The summed E-state index contributed by atoms with van der Waals surface area (Å²) in [4.78, 5) is 31.3. The van der Waals surface area contributed by atoms with Crippen LogP contribution in [0.15, 0.2) is 28.9 Å². The number of carbonyl (C=O) groups is 2. The Bertz CT molecular complexity index is 822. The summed E-state index contributed by atoms with van der Waals surface area (Å²) in [6.07, 6.45) is 2.92. The molecule has 0 bridgehead atoms. The van der Waals surface area contributed by atoms with Crippen molar-refractivity contribution in [1.82, 2.24) is 15.2 Å². The van der Waals surface area contributed by atoms with Gasteiger partial charge in [0.1, 0.15) is 11.3 Å². The highest BCUT2D eigenvalue weighted by atomic mass is 16.5. The van der Waals surface area contributed by atoms with Crippen molar-refractivity contribution in [3.63, 3.8) is 0 Å². The number of aryl methyl sites for hydroxylation is 2. The summed E-state index contributed by atoms with van der Waals surface area (Å²) in [5, 5.41) is 3.03. The van der Waals surface area contributed by atoms with Gasteiger partial charge in [-0.05, 0) is 51.8 Å². The van der Waals surface area contributed by atoms with Gasteiger partial charge in [-0.1, -0.05) is 0 Å². The molecule has 0 unspecified atom stereocenters. The fraction of sp³-hybridized carbons (Fsp3) is 0.450. The zero-order valence-electron chi connectivity index (χ0n) is 15.9. The lowest BCUT2D eigenvalue weighted by atomic mass is 10.0. The lowest BCUT2D eigenvalue weighted by Crippen LogP contribution is -2.46. The van der Waals surface area contributed by atoms with Crippen molar-refractivity contribution in [3.8, 4) is 5.88 Å². The number of carbonyl (C=O) groups excluding carboxylic acids is 2. The van der Waals surface area contributed by atoms with E-state index in [4.69, 9.17) is 9.15 Å². The van der Waals surface area contributed by atoms with E-state index in [1.165, 1.54) is 6.26 Å². The van der Waals surface area contributed by atoms with Crippen molar-refractivity contribution >= 4 is 11.8 Å². The Balaban J connectivity index is 1.60. The smallest absolute Gasteiger partial charge is 0.259 e. The molecule has 0 aromatic carbocycles. The molecule has 0 saturated carbocycles. The van der Waals surface area contributed by atoms with Gasteiger partial charge in [-0.3, -0.25) is 9.59 Å². The minimum absolute atomic E-state index is 0.0401. The van der Waals surface area contributed by atoms with Crippen LogP contribution in [0.5, 0.6) is 5.88 Å². The highest BCUT2D eigenvalue weighted by Gasteiger charge is 2.27. The van der Waals surface area contributed by atoms with Gasteiger partial charge in [0.2, 0.25) is 5.88 Å². The van der Waals surface area contributed by atoms with Crippen molar-refractivity contribution in [2.45, 2.75) is 39.7 Å². The zero-order chi connectivity index (χ0) is 19.4.